The van der Waals surface area contributed by atoms with E-state index < -0.39 is 0 Å². The zero-order valence-electron chi connectivity index (χ0n) is 26.9. The Kier molecular flexibility index (Phi) is 6.42. The van der Waals surface area contributed by atoms with Crippen LogP contribution in [0.2, 0.25) is 0 Å². The molecule has 7 aromatic carbocycles. The highest BCUT2D eigenvalue weighted by atomic mass is 16.3. The average molecular weight is 641 g/mol. The lowest BCUT2D eigenvalue weighted by atomic mass is 10.0. The highest BCUT2D eigenvalue weighted by Crippen LogP contribution is 2.41. The van der Waals surface area contributed by atoms with Crippen LogP contribution >= 0.6 is 0 Å². The molecule has 0 N–H and O–H groups in total. The lowest BCUT2D eigenvalue weighted by molar-refractivity contribution is 0.666. The highest BCUT2D eigenvalue weighted by molar-refractivity contribution is 6.15. The largest absolute Gasteiger partial charge is 0.454 e. The zero-order valence-corrected chi connectivity index (χ0v) is 26.9. The van der Waals surface area contributed by atoms with Gasteiger partial charge in [-0.05, 0) is 41.5 Å². The lowest BCUT2D eigenvalue weighted by Gasteiger charge is -2.13. The van der Waals surface area contributed by atoms with Gasteiger partial charge in [0.1, 0.15) is 5.58 Å². The van der Waals surface area contributed by atoms with Gasteiger partial charge in [0, 0.05) is 38.2 Å². The molecule has 0 aliphatic rings. The molecule has 0 fully saturated rings. The maximum absolute atomic E-state index is 6.73. The van der Waals surface area contributed by atoms with Crippen molar-refractivity contribution in [1.82, 2.24) is 19.5 Å². The Morgan fingerprint density at radius 3 is 1.70 bits per heavy atom. The van der Waals surface area contributed by atoms with E-state index in [9.17, 15) is 0 Å². The minimum Gasteiger partial charge on any atom is -0.454 e. The molecule has 0 unspecified atom stereocenters. The molecule has 0 saturated carbocycles. The van der Waals surface area contributed by atoms with Gasteiger partial charge in [0.2, 0.25) is 0 Å². The number of nitrogens with zero attached hydrogens (tertiary/aromatic N) is 4. The van der Waals surface area contributed by atoms with Crippen molar-refractivity contribution in [3.8, 4) is 51.0 Å². The number of furan rings is 1. The molecule has 0 aliphatic heterocycles. The second-order valence-corrected chi connectivity index (χ2v) is 12.4. The smallest absolute Gasteiger partial charge is 0.166 e. The first-order chi connectivity index (χ1) is 24.8. The van der Waals surface area contributed by atoms with Crippen molar-refractivity contribution < 1.29 is 4.42 Å². The van der Waals surface area contributed by atoms with E-state index >= 15 is 0 Å². The van der Waals surface area contributed by atoms with Crippen LogP contribution in [0, 0.1) is 0 Å². The molecule has 50 heavy (non-hydrogen) atoms. The molecular formula is C45H28N4O. The number of fused-ring (bicyclic) bond motifs is 6. The lowest BCUT2D eigenvalue weighted by Crippen LogP contribution is -2.02. The Morgan fingerprint density at radius 2 is 0.980 bits per heavy atom. The number of benzene rings is 7. The fourth-order valence-corrected chi connectivity index (χ4v) is 7.15. The van der Waals surface area contributed by atoms with Gasteiger partial charge in [0.25, 0.3) is 0 Å². The molecule has 5 heteroatoms. The second-order valence-electron chi connectivity index (χ2n) is 12.4. The third-order valence-electron chi connectivity index (χ3n) is 9.46. The van der Waals surface area contributed by atoms with E-state index in [1.807, 2.05) is 66.7 Å². The maximum atomic E-state index is 6.73. The molecule has 0 radical (unpaired) electrons. The SMILES string of the molecule is c1ccc(-c2ccc3oc4c(-n5c6ccccc6c6cccc(-c7nc(-c8ccccc8)nc(-c8ccccc8)n7)c65)cccc4c3c2)cc1. The Labute approximate surface area is 287 Å². The molecule has 3 aromatic heterocycles. The van der Waals surface area contributed by atoms with Crippen LogP contribution in [-0.4, -0.2) is 19.5 Å². The molecule has 0 aliphatic carbocycles. The first-order valence-corrected chi connectivity index (χ1v) is 16.7. The summed E-state index contributed by atoms with van der Waals surface area (Å²) < 4.78 is 9.05. The number of aromatic nitrogens is 4. The van der Waals surface area contributed by atoms with E-state index in [1.165, 1.54) is 5.56 Å². The van der Waals surface area contributed by atoms with Crippen molar-refractivity contribution in [1.29, 1.82) is 0 Å². The molecule has 0 atom stereocenters. The Hall–Kier alpha value is -6.85. The normalized spacial score (nSPS) is 11.6. The standard InChI is InChI=1S/C45H28N4O/c1-4-14-29(15-5-1)32-26-27-40-37(28-32)35-22-13-25-39(42(35)50-40)49-38-24-11-10-20-33(38)34-21-12-23-36(41(34)49)45-47-43(30-16-6-2-7-17-30)46-44(48-45)31-18-8-3-9-19-31/h1-28H. The van der Waals surface area contributed by atoms with Gasteiger partial charge in [-0.2, -0.15) is 0 Å². The summed E-state index contributed by atoms with van der Waals surface area (Å²) in [5.41, 5.74) is 9.84. The van der Waals surface area contributed by atoms with E-state index in [2.05, 4.69) is 108 Å². The number of hydrogen-bond donors (Lipinski definition) is 0. The first kappa shape index (κ1) is 28.2. The quantitative estimate of drug-likeness (QED) is 0.188. The average Bonchev–Trinajstić information content (AvgIpc) is 3.74. The molecular weight excluding hydrogens is 613 g/mol. The summed E-state index contributed by atoms with van der Waals surface area (Å²) in [5.74, 6) is 1.86. The summed E-state index contributed by atoms with van der Waals surface area (Å²) in [6, 6.07) is 58.5. The van der Waals surface area contributed by atoms with Crippen LogP contribution in [0.3, 0.4) is 0 Å². The minimum absolute atomic E-state index is 0.608. The van der Waals surface area contributed by atoms with E-state index in [0.717, 1.165) is 71.7 Å². The molecule has 3 heterocycles. The number of para-hydroxylation sites is 3. The van der Waals surface area contributed by atoms with Gasteiger partial charge >= 0.3 is 0 Å². The van der Waals surface area contributed by atoms with E-state index in [0.29, 0.717) is 17.5 Å². The molecule has 0 amide bonds. The van der Waals surface area contributed by atoms with Gasteiger partial charge in [-0.1, -0.05) is 140 Å². The fourth-order valence-electron chi connectivity index (χ4n) is 7.15. The fraction of sp³-hybridized carbons (Fsp3) is 0. The Balaban J connectivity index is 1.26. The van der Waals surface area contributed by atoms with Crippen LogP contribution < -0.4 is 0 Å². The van der Waals surface area contributed by atoms with Crippen molar-refractivity contribution >= 4 is 43.7 Å². The van der Waals surface area contributed by atoms with E-state index in [-0.39, 0.29) is 0 Å². The van der Waals surface area contributed by atoms with Crippen LogP contribution in [-0.2, 0) is 0 Å². The van der Waals surface area contributed by atoms with Crippen molar-refractivity contribution in [3.63, 3.8) is 0 Å². The van der Waals surface area contributed by atoms with Gasteiger partial charge in [-0.25, -0.2) is 15.0 Å². The summed E-state index contributed by atoms with van der Waals surface area (Å²) in [6.45, 7) is 0. The second kappa shape index (κ2) is 11.4. The van der Waals surface area contributed by atoms with Crippen molar-refractivity contribution in [3.05, 3.63) is 170 Å². The molecule has 10 aromatic rings. The summed E-state index contributed by atoms with van der Waals surface area (Å²) in [7, 11) is 0. The third kappa shape index (κ3) is 4.52. The first-order valence-electron chi connectivity index (χ1n) is 16.7. The Bertz CT molecular complexity index is 2800. The highest BCUT2D eigenvalue weighted by Gasteiger charge is 2.22. The summed E-state index contributed by atoms with van der Waals surface area (Å²) in [4.78, 5) is 15.2. The van der Waals surface area contributed by atoms with Gasteiger partial charge in [-0.15, -0.1) is 0 Å². The third-order valence-corrected chi connectivity index (χ3v) is 9.46. The van der Waals surface area contributed by atoms with Gasteiger partial charge in [-0.3, -0.25) is 0 Å². The monoisotopic (exact) mass is 640 g/mol. The summed E-state index contributed by atoms with van der Waals surface area (Å²) >= 11 is 0. The van der Waals surface area contributed by atoms with Gasteiger partial charge in [0.15, 0.2) is 23.1 Å². The molecule has 0 saturated heterocycles. The number of hydrogen-bond acceptors (Lipinski definition) is 4. The van der Waals surface area contributed by atoms with Gasteiger partial charge in [0.05, 0.1) is 16.7 Å². The van der Waals surface area contributed by atoms with Crippen molar-refractivity contribution in [2.24, 2.45) is 0 Å². The molecule has 234 valence electrons. The maximum Gasteiger partial charge on any atom is 0.166 e. The predicted octanol–water partition coefficient (Wildman–Crippen LogP) is 11.5. The minimum atomic E-state index is 0.608. The number of rotatable bonds is 5. The van der Waals surface area contributed by atoms with Crippen molar-refractivity contribution in [2.45, 2.75) is 0 Å². The summed E-state index contributed by atoms with van der Waals surface area (Å²) in [6.07, 6.45) is 0. The van der Waals surface area contributed by atoms with Crippen LogP contribution in [0.1, 0.15) is 0 Å². The predicted molar refractivity (Wildman–Crippen MR) is 203 cm³/mol. The van der Waals surface area contributed by atoms with E-state index in [4.69, 9.17) is 19.4 Å². The van der Waals surface area contributed by atoms with Gasteiger partial charge < -0.3 is 8.98 Å². The Morgan fingerprint density at radius 1 is 0.400 bits per heavy atom. The van der Waals surface area contributed by atoms with E-state index in [1.54, 1.807) is 0 Å². The van der Waals surface area contributed by atoms with Crippen molar-refractivity contribution in [2.75, 3.05) is 0 Å². The molecule has 5 nitrogen and oxygen atoms in total. The van der Waals surface area contributed by atoms with Crippen LogP contribution in [0.15, 0.2) is 174 Å². The summed E-state index contributed by atoms with van der Waals surface area (Å²) in [5, 5.41) is 4.41. The molecule has 0 spiro atoms. The zero-order chi connectivity index (χ0) is 33.0. The van der Waals surface area contributed by atoms with Crippen LogP contribution in [0.4, 0.5) is 0 Å². The molecule has 0 bridgehead atoms. The topological polar surface area (TPSA) is 56.7 Å². The van der Waals surface area contributed by atoms with Crippen LogP contribution in [0.25, 0.3) is 94.7 Å². The van der Waals surface area contributed by atoms with Crippen LogP contribution in [0.5, 0.6) is 0 Å². The molecule has 10 rings (SSSR count).